The molecule has 0 saturated carbocycles. The molecular formula is C13H22N4O. The van der Waals surface area contributed by atoms with Gasteiger partial charge in [-0.25, -0.2) is 0 Å². The van der Waals surface area contributed by atoms with Crippen LogP contribution >= 0.6 is 0 Å². The summed E-state index contributed by atoms with van der Waals surface area (Å²) in [5.41, 5.74) is 0.898. The molecule has 0 aliphatic carbocycles. The molecule has 0 radical (unpaired) electrons. The molecule has 100 valence electrons. The summed E-state index contributed by atoms with van der Waals surface area (Å²) in [5, 5.41) is 10.1. The highest BCUT2D eigenvalue weighted by molar-refractivity contribution is 5.78. The van der Waals surface area contributed by atoms with Gasteiger partial charge in [-0.1, -0.05) is 6.92 Å². The molecule has 1 aliphatic rings. The highest BCUT2D eigenvalue weighted by Crippen LogP contribution is 2.14. The Morgan fingerprint density at radius 1 is 1.50 bits per heavy atom. The number of carbonyl (C=O) groups is 1. The number of amides is 1. The predicted molar refractivity (Wildman–Crippen MR) is 70.2 cm³/mol. The smallest absolute Gasteiger partial charge is 0.228 e. The second kappa shape index (κ2) is 6.54. The number of aromatic amines is 1. The quantitative estimate of drug-likeness (QED) is 0.817. The Balaban J connectivity index is 1.97. The summed E-state index contributed by atoms with van der Waals surface area (Å²) in [5.74, 6) is 0.216. The van der Waals surface area contributed by atoms with E-state index < -0.39 is 0 Å². The van der Waals surface area contributed by atoms with Gasteiger partial charge in [-0.3, -0.25) is 9.89 Å². The topological polar surface area (TPSA) is 61.0 Å². The first-order valence-corrected chi connectivity index (χ1v) is 6.79. The van der Waals surface area contributed by atoms with Gasteiger partial charge in [0.15, 0.2) is 0 Å². The SMILES string of the molecule is CCCN(C(=O)Cc1ccn[nH]1)C1CCNCC1. The van der Waals surface area contributed by atoms with Crippen LogP contribution in [0.25, 0.3) is 0 Å². The maximum absolute atomic E-state index is 12.4. The van der Waals surface area contributed by atoms with Gasteiger partial charge < -0.3 is 10.2 Å². The maximum atomic E-state index is 12.4. The minimum absolute atomic E-state index is 0.216. The molecule has 1 aromatic rings. The first kappa shape index (κ1) is 13.1. The average molecular weight is 250 g/mol. The molecule has 0 unspecified atom stereocenters. The Bertz CT molecular complexity index is 357. The molecular weight excluding hydrogens is 228 g/mol. The van der Waals surface area contributed by atoms with Gasteiger partial charge in [-0.15, -0.1) is 0 Å². The van der Waals surface area contributed by atoms with Gasteiger partial charge in [0.05, 0.1) is 6.42 Å². The van der Waals surface area contributed by atoms with Crippen molar-refractivity contribution in [3.63, 3.8) is 0 Å². The fourth-order valence-electron chi connectivity index (χ4n) is 2.52. The largest absolute Gasteiger partial charge is 0.339 e. The van der Waals surface area contributed by atoms with Gasteiger partial charge in [0.2, 0.25) is 5.91 Å². The fraction of sp³-hybridized carbons (Fsp3) is 0.692. The first-order chi connectivity index (χ1) is 8.81. The van der Waals surface area contributed by atoms with Crippen molar-refractivity contribution in [2.45, 2.75) is 38.6 Å². The highest BCUT2D eigenvalue weighted by atomic mass is 16.2. The van der Waals surface area contributed by atoms with Crippen molar-refractivity contribution in [3.05, 3.63) is 18.0 Å². The summed E-state index contributed by atoms with van der Waals surface area (Å²) >= 11 is 0. The van der Waals surface area contributed by atoms with Crippen LogP contribution in [0, 0.1) is 0 Å². The summed E-state index contributed by atoms with van der Waals surface area (Å²) < 4.78 is 0. The van der Waals surface area contributed by atoms with E-state index in [0.717, 1.165) is 44.6 Å². The minimum atomic E-state index is 0.216. The Kier molecular flexibility index (Phi) is 4.75. The maximum Gasteiger partial charge on any atom is 0.228 e. The molecule has 0 aromatic carbocycles. The Labute approximate surface area is 108 Å². The van der Waals surface area contributed by atoms with Crippen LogP contribution in [-0.4, -0.2) is 46.7 Å². The lowest BCUT2D eigenvalue weighted by molar-refractivity contribution is -0.133. The van der Waals surface area contributed by atoms with Gasteiger partial charge in [0, 0.05) is 24.5 Å². The summed E-state index contributed by atoms with van der Waals surface area (Å²) in [4.78, 5) is 14.4. The molecule has 1 amide bonds. The number of hydrogen-bond donors (Lipinski definition) is 2. The van der Waals surface area contributed by atoms with E-state index >= 15 is 0 Å². The van der Waals surface area contributed by atoms with Crippen LogP contribution < -0.4 is 5.32 Å². The monoisotopic (exact) mass is 250 g/mol. The second-order valence-corrected chi connectivity index (χ2v) is 4.83. The van der Waals surface area contributed by atoms with Gasteiger partial charge in [0.25, 0.3) is 0 Å². The third-order valence-electron chi connectivity index (χ3n) is 3.43. The van der Waals surface area contributed by atoms with Crippen molar-refractivity contribution in [3.8, 4) is 0 Å². The summed E-state index contributed by atoms with van der Waals surface area (Å²) in [7, 11) is 0. The van der Waals surface area contributed by atoms with Crippen molar-refractivity contribution < 1.29 is 4.79 Å². The third-order valence-corrected chi connectivity index (χ3v) is 3.43. The Morgan fingerprint density at radius 2 is 2.28 bits per heavy atom. The van der Waals surface area contributed by atoms with E-state index in [1.54, 1.807) is 6.20 Å². The van der Waals surface area contributed by atoms with Crippen LogP contribution in [0.3, 0.4) is 0 Å². The van der Waals surface area contributed by atoms with E-state index in [4.69, 9.17) is 0 Å². The van der Waals surface area contributed by atoms with E-state index in [1.165, 1.54) is 0 Å². The van der Waals surface area contributed by atoms with Crippen LogP contribution in [0.15, 0.2) is 12.3 Å². The molecule has 1 aliphatic heterocycles. The molecule has 18 heavy (non-hydrogen) atoms. The number of aromatic nitrogens is 2. The number of nitrogens with zero attached hydrogens (tertiary/aromatic N) is 2. The van der Waals surface area contributed by atoms with Gasteiger partial charge in [0.1, 0.15) is 0 Å². The summed E-state index contributed by atoms with van der Waals surface area (Å²) in [6, 6.07) is 2.27. The third kappa shape index (κ3) is 3.32. The minimum Gasteiger partial charge on any atom is -0.339 e. The number of piperidine rings is 1. The molecule has 0 spiro atoms. The molecule has 1 aromatic heterocycles. The van der Waals surface area contributed by atoms with Crippen molar-refractivity contribution >= 4 is 5.91 Å². The van der Waals surface area contributed by atoms with Crippen LogP contribution in [0.1, 0.15) is 31.9 Å². The normalized spacial score (nSPS) is 16.7. The molecule has 0 atom stereocenters. The average Bonchev–Trinajstić information content (AvgIpc) is 2.89. The van der Waals surface area contributed by atoms with E-state index in [0.29, 0.717) is 12.5 Å². The number of carbonyl (C=O) groups excluding carboxylic acids is 1. The van der Waals surface area contributed by atoms with E-state index in [9.17, 15) is 4.79 Å². The summed E-state index contributed by atoms with van der Waals surface area (Å²) in [6.45, 7) is 5.01. The molecule has 0 bridgehead atoms. The molecule has 2 rings (SSSR count). The molecule has 2 heterocycles. The highest BCUT2D eigenvalue weighted by Gasteiger charge is 2.24. The number of rotatable bonds is 5. The zero-order valence-corrected chi connectivity index (χ0v) is 11.0. The van der Waals surface area contributed by atoms with Crippen molar-refractivity contribution in [1.29, 1.82) is 0 Å². The van der Waals surface area contributed by atoms with Gasteiger partial charge in [-0.2, -0.15) is 5.10 Å². The molecule has 2 N–H and O–H groups in total. The number of hydrogen-bond acceptors (Lipinski definition) is 3. The van der Waals surface area contributed by atoms with E-state index in [1.807, 2.05) is 6.07 Å². The van der Waals surface area contributed by atoms with E-state index in [-0.39, 0.29) is 5.91 Å². The van der Waals surface area contributed by atoms with Gasteiger partial charge in [-0.05, 0) is 38.4 Å². The van der Waals surface area contributed by atoms with E-state index in [2.05, 4.69) is 27.3 Å². The van der Waals surface area contributed by atoms with Crippen LogP contribution in [0.5, 0.6) is 0 Å². The standard InChI is InChI=1S/C13H22N4O/c1-2-9-17(12-4-6-14-7-5-12)13(18)10-11-3-8-15-16-11/h3,8,12,14H,2,4-7,9-10H2,1H3,(H,15,16). The van der Waals surface area contributed by atoms with Crippen LogP contribution in [0.4, 0.5) is 0 Å². The molecule has 1 saturated heterocycles. The zero-order valence-electron chi connectivity index (χ0n) is 11.0. The lowest BCUT2D eigenvalue weighted by Crippen LogP contribution is -2.47. The van der Waals surface area contributed by atoms with Crippen molar-refractivity contribution in [1.82, 2.24) is 20.4 Å². The predicted octanol–water partition coefficient (Wildman–Crippen LogP) is 0.943. The second-order valence-electron chi connectivity index (χ2n) is 4.83. The molecule has 5 heteroatoms. The molecule has 1 fully saturated rings. The van der Waals surface area contributed by atoms with Gasteiger partial charge >= 0.3 is 0 Å². The number of nitrogens with one attached hydrogen (secondary N) is 2. The summed E-state index contributed by atoms with van der Waals surface area (Å²) in [6.07, 6.45) is 5.27. The lowest BCUT2D eigenvalue weighted by atomic mass is 10.0. The zero-order chi connectivity index (χ0) is 12.8. The molecule has 5 nitrogen and oxygen atoms in total. The van der Waals surface area contributed by atoms with Crippen molar-refractivity contribution in [2.75, 3.05) is 19.6 Å². The van der Waals surface area contributed by atoms with Crippen LogP contribution in [0.2, 0.25) is 0 Å². The van der Waals surface area contributed by atoms with Crippen LogP contribution in [-0.2, 0) is 11.2 Å². The van der Waals surface area contributed by atoms with Crippen molar-refractivity contribution in [2.24, 2.45) is 0 Å². The Hall–Kier alpha value is -1.36. The lowest BCUT2D eigenvalue weighted by Gasteiger charge is -2.34. The fourth-order valence-corrected chi connectivity index (χ4v) is 2.52. The Morgan fingerprint density at radius 3 is 2.89 bits per heavy atom. The first-order valence-electron chi connectivity index (χ1n) is 6.79. The number of H-pyrrole nitrogens is 1.